The zero-order valence-corrected chi connectivity index (χ0v) is 15.5. The SMILES string of the molecule is C[C@@H](O[Si](C)(C)C(C)(C)C)[C@H]1C(=O)N[C@@H]1[C@H](CC#N)[C@@H]1CO1. The van der Waals surface area contributed by atoms with E-state index in [0.29, 0.717) is 13.0 Å². The number of nitriles is 1. The molecule has 2 aliphatic heterocycles. The lowest BCUT2D eigenvalue weighted by molar-refractivity contribution is -0.142. The number of rotatable bonds is 6. The van der Waals surface area contributed by atoms with Crippen molar-refractivity contribution in [2.45, 2.75) is 70.5 Å². The maximum atomic E-state index is 12.1. The van der Waals surface area contributed by atoms with Crippen molar-refractivity contribution >= 4 is 14.2 Å². The molecule has 0 aromatic heterocycles. The van der Waals surface area contributed by atoms with Crippen molar-refractivity contribution in [3.8, 4) is 6.07 Å². The molecule has 0 radical (unpaired) electrons. The molecule has 0 saturated carbocycles. The van der Waals surface area contributed by atoms with Crippen LogP contribution in [0, 0.1) is 23.2 Å². The fourth-order valence-corrected chi connectivity index (χ4v) is 4.34. The number of ether oxygens (including phenoxy) is 1. The summed E-state index contributed by atoms with van der Waals surface area (Å²) in [7, 11) is -1.91. The predicted molar refractivity (Wildman–Crippen MR) is 86.6 cm³/mol. The first-order valence-electron chi connectivity index (χ1n) is 8.05. The van der Waals surface area contributed by atoms with Crippen LogP contribution in [0.5, 0.6) is 0 Å². The summed E-state index contributed by atoms with van der Waals surface area (Å²) in [4.78, 5) is 12.1. The summed E-state index contributed by atoms with van der Waals surface area (Å²) >= 11 is 0. The number of nitrogens with one attached hydrogen (secondary N) is 1. The molecule has 5 atom stereocenters. The van der Waals surface area contributed by atoms with E-state index in [1.165, 1.54) is 0 Å². The predicted octanol–water partition coefficient (Wildman–Crippen LogP) is 2.44. The Morgan fingerprint density at radius 2 is 2.09 bits per heavy atom. The third-order valence-electron chi connectivity index (χ3n) is 5.42. The van der Waals surface area contributed by atoms with Crippen LogP contribution >= 0.6 is 0 Å². The molecule has 124 valence electrons. The van der Waals surface area contributed by atoms with Crippen LogP contribution in [-0.2, 0) is 14.0 Å². The first-order chi connectivity index (χ1) is 10.1. The third-order valence-corrected chi connectivity index (χ3v) is 9.99. The van der Waals surface area contributed by atoms with Crippen LogP contribution in [0.15, 0.2) is 0 Å². The molecular formula is C16H28N2O3Si. The molecule has 1 N–H and O–H groups in total. The van der Waals surface area contributed by atoms with Gasteiger partial charge in [-0.3, -0.25) is 4.79 Å². The quantitative estimate of drug-likeness (QED) is 0.462. The highest BCUT2D eigenvalue weighted by Crippen LogP contribution is 2.41. The van der Waals surface area contributed by atoms with Crippen LogP contribution in [-0.4, -0.2) is 39.1 Å². The maximum absolute atomic E-state index is 12.1. The monoisotopic (exact) mass is 324 g/mol. The first kappa shape index (κ1) is 17.5. The van der Waals surface area contributed by atoms with Crippen molar-refractivity contribution in [2.75, 3.05) is 6.61 Å². The van der Waals surface area contributed by atoms with E-state index in [1.54, 1.807) is 0 Å². The Morgan fingerprint density at radius 3 is 2.50 bits per heavy atom. The lowest BCUT2D eigenvalue weighted by Crippen LogP contribution is -2.66. The molecule has 2 fully saturated rings. The standard InChI is InChI=1S/C16H28N2O3Si/c1-10(21-22(5,6)16(2,3)4)13-14(18-15(13)19)11(7-8-17)12-9-20-12/h10-14H,7,9H2,1-6H3,(H,18,19)/t10-,11-,12+,13-,14-/m1/s1. The van der Waals surface area contributed by atoms with Gasteiger partial charge in [-0.05, 0) is 25.1 Å². The minimum absolute atomic E-state index is 0.000539. The molecule has 0 aromatic carbocycles. The molecular weight excluding hydrogens is 296 g/mol. The van der Waals surface area contributed by atoms with Crippen LogP contribution < -0.4 is 5.32 Å². The van der Waals surface area contributed by atoms with E-state index in [2.05, 4.69) is 45.3 Å². The Hall–Kier alpha value is -0.903. The minimum Gasteiger partial charge on any atom is -0.413 e. The summed E-state index contributed by atoms with van der Waals surface area (Å²) in [6, 6.07) is 2.22. The Morgan fingerprint density at radius 1 is 1.50 bits per heavy atom. The summed E-state index contributed by atoms with van der Waals surface area (Å²) in [5.74, 6) is -0.0466. The zero-order chi connectivity index (χ0) is 16.7. The molecule has 0 spiro atoms. The molecule has 1 amide bonds. The molecule has 22 heavy (non-hydrogen) atoms. The van der Waals surface area contributed by atoms with E-state index in [1.807, 2.05) is 6.92 Å². The molecule has 0 bridgehead atoms. The molecule has 5 nitrogen and oxygen atoms in total. The molecule has 0 unspecified atom stereocenters. The normalized spacial score (nSPS) is 30.8. The zero-order valence-electron chi connectivity index (χ0n) is 14.5. The number of carbonyl (C=O) groups excluding carboxylic acids is 1. The van der Waals surface area contributed by atoms with Gasteiger partial charge in [0.05, 0.1) is 30.8 Å². The molecule has 2 rings (SSSR count). The van der Waals surface area contributed by atoms with Crippen LogP contribution in [0.4, 0.5) is 0 Å². The van der Waals surface area contributed by atoms with E-state index in [9.17, 15) is 4.79 Å². The molecule has 2 heterocycles. The van der Waals surface area contributed by atoms with Crippen LogP contribution in [0.3, 0.4) is 0 Å². The van der Waals surface area contributed by atoms with Gasteiger partial charge < -0.3 is 14.5 Å². The van der Waals surface area contributed by atoms with Gasteiger partial charge in [0.2, 0.25) is 5.91 Å². The average Bonchev–Trinajstić information content (AvgIpc) is 3.15. The minimum atomic E-state index is -1.91. The van der Waals surface area contributed by atoms with E-state index < -0.39 is 8.32 Å². The maximum Gasteiger partial charge on any atom is 0.228 e. The number of hydrogen-bond acceptors (Lipinski definition) is 4. The summed E-state index contributed by atoms with van der Waals surface area (Å²) in [6.45, 7) is 13.7. The Labute approximate surface area is 134 Å². The Balaban J connectivity index is 2.06. The molecule has 0 aliphatic carbocycles. The summed E-state index contributed by atoms with van der Waals surface area (Å²) in [5, 5.41) is 12.1. The molecule has 2 aliphatic rings. The van der Waals surface area contributed by atoms with Crippen LogP contribution in [0.2, 0.25) is 18.1 Å². The molecule has 6 heteroatoms. The molecule has 0 aromatic rings. The number of β-lactam (4-membered cyclic amide) rings is 1. The average molecular weight is 324 g/mol. The van der Waals surface area contributed by atoms with Crippen molar-refractivity contribution < 1.29 is 14.0 Å². The second kappa shape index (κ2) is 5.95. The van der Waals surface area contributed by atoms with Crippen molar-refractivity contribution in [1.29, 1.82) is 5.26 Å². The van der Waals surface area contributed by atoms with Crippen LogP contribution in [0.25, 0.3) is 0 Å². The lowest BCUT2D eigenvalue weighted by atomic mass is 9.76. The van der Waals surface area contributed by atoms with E-state index in [0.717, 1.165) is 0 Å². The smallest absolute Gasteiger partial charge is 0.228 e. The number of hydrogen-bond donors (Lipinski definition) is 1. The first-order valence-corrected chi connectivity index (χ1v) is 11.0. The van der Waals surface area contributed by atoms with Crippen LogP contribution in [0.1, 0.15) is 34.1 Å². The van der Waals surface area contributed by atoms with Gasteiger partial charge in [0.15, 0.2) is 8.32 Å². The number of nitrogens with zero attached hydrogens (tertiary/aromatic N) is 1. The van der Waals surface area contributed by atoms with Gasteiger partial charge in [0.25, 0.3) is 0 Å². The summed E-state index contributed by atoms with van der Waals surface area (Å²) in [5.41, 5.74) is 0. The van der Waals surface area contributed by atoms with Gasteiger partial charge in [0, 0.05) is 18.4 Å². The van der Waals surface area contributed by atoms with Crippen molar-refractivity contribution in [3.63, 3.8) is 0 Å². The molecule has 2 saturated heterocycles. The highest BCUT2D eigenvalue weighted by molar-refractivity contribution is 6.74. The summed E-state index contributed by atoms with van der Waals surface area (Å²) < 4.78 is 11.8. The van der Waals surface area contributed by atoms with E-state index >= 15 is 0 Å². The van der Waals surface area contributed by atoms with E-state index in [-0.39, 0.29) is 41.0 Å². The van der Waals surface area contributed by atoms with Gasteiger partial charge in [-0.2, -0.15) is 5.26 Å². The van der Waals surface area contributed by atoms with Gasteiger partial charge in [-0.15, -0.1) is 0 Å². The number of amides is 1. The van der Waals surface area contributed by atoms with Gasteiger partial charge in [-0.25, -0.2) is 0 Å². The third kappa shape index (κ3) is 3.37. The second-order valence-electron chi connectivity index (χ2n) is 8.04. The van der Waals surface area contributed by atoms with Crippen molar-refractivity contribution in [1.82, 2.24) is 5.32 Å². The number of epoxide rings is 1. The van der Waals surface area contributed by atoms with Gasteiger partial charge >= 0.3 is 0 Å². The Kier molecular flexibility index (Phi) is 4.72. The fourth-order valence-electron chi connectivity index (χ4n) is 2.91. The fraction of sp³-hybridized carbons (Fsp3) is 0.875. The number of carbonyl (C=O) groups is 1. The highest BCUT2D eigenvalue weighted by atomic mass is 28.4. The van der Waals surface area contributed by atoms with Crippen molar-refractivity contribution in [2.24, 2.45) is 11.8 Å². The summed E-state index contributed by atoms with van der Waals surface area (Å²) in [6.07, 6.45) is 0.409. The van der Waals surface area contributed by atoms with Gasteiger partial charge in [0.1, 0.15) is 0 Å². The largest absolute Gasteiger partial charge is 0.413 e. The van der Waals surface area contributed by atoms with Crippen molar-refractivity contribution in [3.05, 3.63) is 0 Å². The van der Waals surface area contributed by atoms with E-state index in [4.69, 9.17) is 14.4 Å². The topological polar surface area (TPSA) is 74.6 Å². The lowest BCUT2D eigenvalue weighted by Gasteiger charge is -2.47. The second-order valence-corrected chi connectivity index (χ2v) is 12.8. The van der Waals surface area contributed by atoms with Gasteiger partial charge in [-0.1, -0.05) is 20.8 Å². The Bertz CT molecular complexity index is 477. The highest BCUT2D eigenvalue weighted by Gasteiger charge is 2.53.